The maximum absolute atomic E-state index is 12.7. The summed E-state index contributed by atoms with van der Waals surface area (Å²) in [4.78, 5) is 36.8. The van der Waals surface area contributed by atoms with Gasteiger partial charge in [-0.25, -0.2) is 4.79 Å². The quantitative estimate of drug-likeness (QED) is 0.0215. The molecule has 0 aliphatic carbocycles. The van der Waals surface area contributed by atoms with Crippen molar-refractivity contribution in [2.24, 2.45) is 0 Å². The van der Waals surface area contributed by atoms with Crippen molar-refractivity contribution in [3.8, 4) is 0 Å². The minimum Gasteiger partial charge on any atom is -0.477 e. The Morgan fingerprint density at radius 1 is 0.537 bits per heavy atom. The molecule has 9 heteroatoms. The number of hydrogen-bond donors (Lipinski definition) is 1. The molecule has 0 spiro atoms. The van der Waals surface area contributed by atoms with Crippen molar-refractivity contribution >= 4 is 17.9 Å². The molecule has 0 saturated heterocycles. The number of rotatable bonds is 41. The molecular formula is C45H86NO8+. The van der Waals surface area contributed by atoms with Crippen molar-refractivity contribution in [1.29, 1.82) is 0 Å². The molecule has 9 nitrogen and oxygen atoms in total. The van der Waals surface area contributed by atoms with Crippen LogP contribution in [-0.2, 0) is 33.3 Å². The molecule has 0 radical (unpaired) electrons. The molecule has 0 saturated carbocycles. The van der Waals surface area contributed by atoms with Crippen LogP contribution in [0, 0.1) is 0 Å². The van der Waals surface area contributed by atoms with E-state index in [1.165, 1.54) is 135 Å². The lowest BCUT2D eigenvalue weighted by Gasteiger charge is -2.25. The molecule has 2 atom stereocenters. The molecule has 318 valence electrons. The van der Waals surface area contributed by atoms with Crippen LogP contribution in [0.25, 0.3) is 0 Å². The normalized spacial score (nSPS) is 13.0. The molecule has 0 amide bonds. The Kier molecular flexibility index (Phi) is 36.5. The number of carboxylic acid groups (broad SMARTS) is 1. The van der Waals surface area contributed by atoms with Crippen LogP contribution in [-0.4, -0.2) is 87.4 Å². The van der Waals surface area contributed by atoms with Gasteiger partial charge in [0, 0.05) is 12.8 Å². The summed E-state index contributed by atoms with van der Waals surface area (Å²) in [5, 5.41) is 9.58. The summed E-state index contributed by atoms with van der Waals surface area (Å²) >= 11 is 0. The topological polar surface area (TPSA) is 108 Å². The van der Waals surface area contributed by atoms with E-state index in [4.69, 9.17) is 18.9 Å². The first-order valence-electron chi connectivity index (χ1n) is 22.4. The first-order valence-corrected chi connectivity index (χ1v) is 22.4. The monoisotopic (exact) mass is 769 g/mol. The Morgan fingerprint density at radius 3 is 1.37 bits per heavy atom. The second-order valence-corrected chi connectivity index (χ2v) is 16.4. The minimum absolute atomic E-state index is 0.178. The standard InChI is InChI=1S/C45H85NO8/c1-6-8-10-12-14-15-16-17-18-19-20-21-22-23-24-25-26-27-28-29-30-32-34-36-43(48)54-41(39-52-42(47)35-33-31-13-11-9-7-2)40-53-45(44(49)50)51-38-37-46(3,4)5/h19-20,41,45H,6-18,21-40H2,1-5H3/p+1/b20-19-. The average molecular weight is 769 g/mol. The second-order valence-electron chi connectivity index (χ2n) is 16.4. The van der Waals surface area contributed by atoms with E-state index in [1.807, 2.05) is 21.1 Å². The van der Waals surface area contributed by atoms with E-state index < -0.39 is 24.3 Å². The van der Waals surface area contributed by atoms with Crippen LogP contribution in [0.15, 0.2) is 12.2 Å². The lowest BCUT2D eigenvalue weighted by molar-refractivity contribution is -0.870. The summed E-state index contributed by atoms with van der Waals surface area (Å²) in [5.74, 6) is -2.01. The smallest absolute Gasteiger partial charge is 0.361 e. The molecule has 1 N–H and O–H groups in total. The number of carboxylic acids is 1. The van der Waals surface area contributed by atoms with Gasteiger partial charge in [-0.3, -0.25) is 9.59 Å². The lowest BCUT2D eigenvalue weighted by atomic mass is 10.0. The van der Waals surface area contributed by atoms with Crippen LogP contribution in [0.3, 0.4) is 0 Å². The number of carbonyl (C=O) groups excluding carboxylic acids is 2. The van der Waals surface area contributed by atoms with Gasteiger partial charge in [0.1, 0.15) is 13.2 Å². The fourth-order valence-electron chi connectivity index (χ4n) is 6.24. The Morgan fingerprint density at radius 2 is 0.944 bits per heavy atom. The number of carbonyl (C=O) groups is 3. The van der Waals surface area contributed by atoms with Crippen LogP contribution < -0.4 is 0 Å². The van der Waals surface area contributed by atoms with Crippen molar-refractivity contribution in [3.63, 3.8) is 0 Å². The highest BCUT2D eigenvalue weighted by atomic mass is 16.7. The fraction of sp³-hybridized carbons (Fsp3) is 0.889. The fourth-order valence-corrected chi connectivity index (χ4v) is 6.24. The van der Waals surface area contributed by atoms with Crippen molar-refractivity contribution in [3.05, 3.63) is 12.2 Å². The molecule has 0 fully saturated rings. The van der Waals surface area contributed by atoms with E-state index in [1.54, 1.807) is 0 Å². The van der Waals surface area contributed by atoms with Gasteiger partial charge in [-0.15, -0.1) is 0 Å². The summed E-state index contributed by atoms with van der Waals surface area (Å²) in [5.41, 5.74) is 0. The van der Waals surface area contributed by atoms with Crippen molar-refractivity contribution in [2.75, 3.05) is 47.5 Å². The predicted octanol–water partition coefficient (Wildman–Crippen LogP) is 11.5. The van der Waals surface area contributed by atoms with Crippen molar-refractivity contribution < 1.29 is 42.9 Å². The maximum Gasteiger partial charge on any atom is 0.361 e. The van der Waals surface area contributed by atoms with Crippen LogP contribution in [0.1, 0.15) is 200 Å². The molecule has 0 bridgehead atoms. The number of nitrogens with zero attached hydrogens (tertiary/aromatic N) is 1. The van der Waals surface area contributed by atoms with Gasteiger partial charge in [-0.1, -0.05) is 161 Å². The largest absolute Gasteiger partial charge is 0.477 e. The van der Waals surface area contributed by atoms with Gasteiger partial charge in [-0.2, -0.15) is 0 Å². The molecule has 0 rings (SSSR count). The molecule has 2 unspecified atom stereocenters. The Labute approximate surface area is 332 Å². The van der Waals surface area contributed by atoms with Crippen molar-refractivity contribution in [2.45, 2.75) is 212 Å². The first-order chi connectivity index (χ1) is 26.1. The highest BCUT2D eigenvalue weighted by Gasteiger charge is 2.25. The van der Waals surface area contributed by atoms with E-state index in [0.717, 1.165) is 38.5 Å². The number of ether oxygens (including phenoxy) is 4. The number of likely N-dealkylation sites (N-methyl/N-ethyl adjacent to an activating group) is 1. The molecule has 0 aromatic rings. The molecule has 0 aromatic carbocycles. The summed E-state index contributed by atoms with van der Waals surface area (Å²) in [6.45, 7) is 4.81. The lowest BCUT2D eigenvalue weighted by Crippen LogP contribution is -2.40. The number of quaternary nitrogens is 1. The van der Waals surface area contributed by atoms with Crippen molar-refractivity contribution in [1.82, 2.24) is 0 Å². The van der Waals surface area contributed by atoms with Gasteiger partial charge in [0.25, 0.3) is 6.29 Å². The number of unbranched alkanes of at least 4 members (excludes halogenated alkanes) is 24. The molecular weight excluding hydrogens is 682 g/mol. The average Bonchev–Trinajstić information content (AvgIpc) is 3.12. The van der Waals surface area contributed by atoms with Crippen LogP contribution >= 0.6 is 0 Å². The van der Waals surface area contributed by atoms with Gasteiger partial charge < -0.3 is 28.5 Å². The van der Waals surface area contributed by atoms with Crippen LogP contribution in [0.2, 0.25) is 0 Å². The summed E-state index contributed by atoms with van der Waals surface area (Å²) in [6.07, 6.45) is 35.9. The Hall–Kier alpha value is -1.97. The highest BCUT2D eigenvalue weighted by Crippen LogP contribution is 2.15. The molecule has 0 heterocycles. The summed E-state index contributed by atoms with van der Waals surface area (Å²) in [7, 11) is 5.95. The molecule has 0 aromatic heterocycles. The first kappa shape index (κ1) is 52.0. The van der Waals surface area contributed by atoms with E-state index in [9.17, 15) is 19.5 Å². The molecule has 54 heavy (non-hydrogen) atoms. The van der Waals surface area contributed by atoms with Gasteiger partial charge in [0.15, 0.2) is 6.10 Å². The molecule has 0 aliphatic heterocycles. The third-order valence-corrected chi connectivity index (χ3v) is 9.77. The number of aliphatic carboxylic acids is 1. The number of hydrogen-bond acceptors (Lipinski definition) is 7. The third kappa shape index (κ3) is 38.3. The minimum atomic E-state index is -1.50. The summed E-state index contributed by atoms with van der Waals surface area (Å²) < 4.78 is 22.6. The van der Waals surface area contributed by atoms with Crippen LogP contribution in [0.5, 0.6) is 0 Å². The number of allylic oxidation sites excluding steroid dienone is 2. The van der Waals surface area contributed by atoms with Crippen LogP contribution in [0.4, 0.5) is 0 Å². The zero-order valence-electron chi connectivity index (χ0n) is 35.9. The highest BCUT2D eigenvalue weighted by molar-refractivity contribution is 5.71. The van der Waals surface area contributed by atoms with E-state index in [2.05, 4.69) is 26.0 Å². The maximum atomic E-state index is 12.7. The second kappa shape index (κ2) is 37.9. The Bertz CT molecular complexity index is 903. The zero-order valence-corrected chi connectivity index (χ0v) is 35.9. The third-order valence-electron chi connectivity index (χ3n) is 9.77. The van der Waals surface area contributed by atoms with Gasteiger partial charge >= 0.3 is 17.9 Å². The van der Waals surface area contributed by atoms with E-state index in [0.29, 0.717) is 17.4 Å². The van der Waals surface area contributed by atoms with Gasteiger partial charge in [-0.05, 0) is 38.5 Å². The predicted molar refractivity (Wildman–Crippen MR) is 221 cm³/mol. The Balaban J connectivity index is 4.18. The van der Waals surface area contributed by atoms with E-state index >= 15 is 0 Å². The summed E-state index contributed by atoms with van der Waals surface area (Å²) in [6, 6.07) is 0. The van der Waals surface area contributed by atoms with E-state index in [-0.39, 0.29) is 32.2 Å². The number of esters is 2. The zero-order chi connectivity index (χ0) is 40.0. The van der Waals surface area contributed by atoms with Gasteiger partial charge in [0.2, 0.25) is 0 Å². The van der Waals surface area contributed by atoms with Gasteiger partial charge in [0.05, 0.1) is 34.4 Å². The molecule has 0 aliphatic rings. The SMILES string of the molecule is CCCCCCCCCC/C=C\CCCCCCCCCCCCCC(=O)OC(COC(=O)CCCCCCCC)COC(OCC[N+](C)(C)C)C(=O)O.